The molecule has 5 aromatic carbocycles. The number of hydrogen-bond donors (Lipinski definition) is 2. The molecule has 3 nitrogen and oxygen atoms in total. The number of para-hydroxylation sites is 5. The van der Waals surface area contributed by atoms with Crippen LogP contribution in [-0.2, 0) is 0 Å². The predicted molar refractivity (Wildman–Crippen MR) is 192 cm³/mol. The third-order valence-corrected chi connectivity index (χ3v) is 11.2. The van der Waals surface area contributed by atoms with Gasteiger partial charge in [-0.05, 0) is 72.5 Å². The van der Waals surface area contributed by atoms with E-state index in [9.17, 15) is 0 Å². The molecule has 0 spiro atoms. The molecule has 0 saturated heterocycles. The van der Waals surface area contributed by atoms with Crippen molar-refractivity contribution in [1.29, 1.82) is 0 Å². The molecule has 0 amide bonds. The topological polar surface area (TPSA) is 27.3 Å². The lowest BCUT2D eigenvalue weighted by molar-refractivity contribution is 0.464. The van der Waals surface area contributed by atoms with Crippen molar-refractivity contribution in [2.75, 3.05) is 15.2 Å². The van der Waals surface area contributed by atoms with Crippen LogP contribution in [0.4, 0.5) is 28.4 Å². The van der Waals surface area contributed by atoms with Crippen LogP contribution in [0.15, 0.2) is 170 Å². The van der Waals surface area contributed by atoms with Gasteiger partial charge in [0.1, 0.15) is 8.96 Å². The van der Waals surface area contributed by atoms with Gasteiger partial charge in [0.2, 0.25) is 0 Å². The van der Waals surface area contributed by atoms with Gasteiger partial charge in [-0.3, -0.25) is 0 Å². The lowest BCUT2D eigenvalue weighted by Gasteiger charge is -2.36. The highest BCUT2D eigenvalue weighted by atomic mass is 28.3. The second-order valence-corrected chi connectivity index (χ2v) is 14.3. The lowest BCUT2D eigenvalue weighted by atomic mass is 9.77. The van der Waals surface area contributed by atoms with E-state index in [0.29, 0.717) is 11.8 Å². The van der Waals surface area contributed by atoms with E-state index in [2.05, 4.69) is 192 Å². The molecular formula is C40H41N3Si. The van der Waals surface area contributed by atoms with Crippen molar-refractivity contribution in [2.45, 2.75) is 31.0 Å². The zero-order valence-electron chi connectivity index (χ0n) is 25.3. The van der Waals surface area contributed by atoms with Gasteiger partial charge in [-0.15, -0.1) is 0 Å². The molecule has 4 atom stereocenters. The van der Waals surface area contributed by atoms with Crippen LogP contribution >= 0.6 is 0 Å². The summed E-state index contributed by atoms with van der Waals surface area (Å²) in [6.07, 6.45) is 10.3. The Labute approximate surface area is 264 Å². The van der Waals surface area contributed by atoms with Gasteiger partial charge >= 0.3 is 0 Å². The van der Waals surface area contributed by atoms with Gasteiger partial charge < -0.3 is 15.2 Å². The molecule has 0 aliphatic heterocycles. The molecule has 0 fully saturated rings. The Bertz CT molecular complexity index is 1640. The smallest absolute Gasteiger partial charge is 0.143 e. The molecule has 220 valence electrons. The van der Waals surface area contributed by atoms with Gasteiger partial charge in [0.15, 0.2) is 0 Å². The highest BCUT2D eigenvalue weighted by Gasteiger charge is 2.30. The molecule has 6 rings (SSSR count). The summed E-state index contributed by atoms with van der Waals surface area (Å²) in [5, 5.41) is 7.53. The van der Waals surface area contributed by atoms with Crippen LogP contribution in [-0.4, -0.2) is 15.0 Å². The Morgan fingerprint density at radius 3 is 1.91 bits per heavy atom. The largest absolute Gasteiger partial charge is 0.378 e. The minimum absolute atomic E-state index is 0.227. The van der Waals surface area contributed by atoms with Crippen molar-refractivity contribution < 1.29 is 0 Å². The highest BCUT2D eigenvalue weighted by molar-refractivity contribution is 6.63. The first-order chi connectivity index (χ1) is 21.8. The van der Waals surface area contributed by atoms with E-state index in [1.54, 1.807) is 0 Å². The first kappa shape index (κ1) is 29.3. The fraction of sp³-hybridized carbons (Fsp3) is 0.150. The van der Waals surface area contributed by atoms with Crippen molar-refractivity contribution >= 4 is 37.4 Å². The number of allylic oxidation sites excluding steroid dienone is 2. The van der Waals surface area contributed by atoms with Crippen molar-refractivity contribution in [3.05, 3.63) is 175 Å². The third kappa shape index (κ3) is 7.21. The molecule has 0 radical (unpaired) electrons. The maximum Gasteiger partial charge on any atom is 0.143 e. The predicted octanol–water partition coefficient (Wildman–Crippen LogP) is 10.3. The number of nitrogens with zero attached hydrogens (tertiary/aromatic N) is 1. The zero-order chi connectivity index (χ0) is 30.0. The number of rotatable bonds is 12. The van der Waals surface area contributed by atoms with Gasteiger partial charge in [-0.1, -0.05) is 128 Å². The van der Waals surface area contributed by atoms with E-state index in [0.717, 1.165) is 23.5 Å². The summed E-state index contributed by atoms with van der Waals surface area (Å²) in [6.45, 7) is 2.50. The Balaban J connectivity index is 1.29. The van der Waals surface area contributed by atoms with E-state index in [-0.39, 0.29) is 6.04 Å². The normalized spacial score (nSPS) is 17.0. The Kier molecular flexibility index (Phi) is 9.70. The molecule has 4 heteroatoms. The SMILES string of the molecule is C[SiH](CCC(c1ccccc1)C1C=CC=CC1Nc1ccccc1)N(c1ccccc1)c1ccccc1Nc1ccccc1. The molecule has 1 aliphatic carbocycles. The summed E-state index contributed by atoms with van der Waals surface area (Å²) in [7, 11) is -1.50. The van der Waals surface area contributed by atoms with E-state index >= 15 is 0 Å². The maximum absolute atomic E-state index is 3.83. The molecule has 2 N–H and O–H groups in total. The first-order valence-electron chi connectivity index (χ1n) is 15.7. The number of anilines is 5. The minimum atomic E-state index is -1.50. The standard InChI is InChI=1S/C40H41N3Si/c1-44(43(35-24-12-5-13-25-35)40-29-17-16-28-39(40)42-34-22-10-4-11-23-34)31-30-36(32-18-6-2-7-19-32)37-26-14-15-27-38(37)41-33-20-8-3-9-21-33/h2-29,36-38,41-42,44H,30-31H2,1H3. The van der Waals surface area contributed by atoms with Crippen LogP contribution in [0.3, 0.4) is 0 Å². The third-order valence-electron chi connectivity index (χ3n) is 8.56. The van der Waals surface area contributed by atoms with Crippen molar-refractivity contribution in [1.82, 2.24) is 0 Å². The second-order valence-electron chi connectivity index (χ2n) is 11.5. The molecule has 0 heterocycles. The fourth-order valence-electron chi connectivity index (χ4n) is 6.40. The van der Waals surface area contributed by atoms with E-state index in [1.165, 1.54) is 23.0 Å². The van der Waals surface area contributed by atoms with Gasteiger partial charge in [-0.2, -0.15) is 0 Å². The van der Waals surface area contributed by atoms with E-state index < -0.39 is 8.96 Å². The van der Waals surface area contributed by atoms with Crippen molar-refractivity contribution in [3.63, 3.8) is 0 Å². The second kappa shape index (κ2) is 14.6. The quantitative estimate of drug-likeness (QED) is 0.141. The van der Waals surface area contributed by atoms with Crippen LogP contribution in [0.1, 0.15) is 17.9 Å². The average Bonchev–Trinajstić information content (AvgIpc) is 3.08. The molecule has 5 aromatic rings. The van der Waals surface area contributed by atoms with Gasteiger partial charge in [-0.25, -0.2) is 0 Å². The molecule has 0 bridgehead atoms. The lowest BCUT2D eigenvalue weighted by Crippen LogP contribution is -2.35. The maximum atomic E-state index is 3.83. The summed E-state index contributed by atoms with van der Waals surface area (Å²) < 4.78 is 2.64. The van der Waals surface area contributed by atoms with Gasteiger partial charge in [0.25, 0.3) is 0 Å². The molecule has 1 aliphatic rings. The van der Waals surface area contributed by atoms with Gasteiger partial charge in [0.05, 0.1) is 17.4 Å². The highest BCUT2D eigenvalue weighted by Crippen LogP contribution is 2.39. The van der Waals surface area contributed by atoms with E-state index in [1.807, 2.05) is 0 Å². The molecular weight excluding hydrogens is 551 g/mol. The monoisotopic (exact) mass is 591 g/mol. The van der Waals surface area contributed by atoms with Crippen LogP contribution in [0.2, 0.25) is 12.6 Å². The van der Waals surface area contributed by atoms with Crippen LogP contribution in [0, 0.1) is 5.92 Å². The Morgan fingerprint density at radius 2 is 1.20 bits per heavy atom. The number of benzene rings is 5. The summed E-state index contributed by atoms with van der Waals surface area (Å²) in [5.41, 5.74) is 7.30. The molecule has 44 heavy (non-hydrogen) atoms. The first-order valence-corrected chi connectivity index (χ1v) is 18.2. The van der Waals surface area contributed by atoms with E-state index in [4.69, 9.17) is 0 Å². The average molecular weight is 592 g/mol. The van der Waals surface area contributed by atoms with Crippen LogP contribution in [0.25, 0.3) is 0 Å². The van der Waals surface area contributed by atoms with Gasteiger partial charge in [0, 0.05) is 23.0 Å². The Morgan fingerprint density at radius 1 is 0.636 bits per heavy atom. The molecule has 0 saturated carbocycles. The summed E-state index contributed by atoms with van der Waals surface area (Å²) >= 11 is 0. The molecule has 0 aromatic heterocycles. The van der Waals surface area contributed by atoms with Crippen LogP contribution in [0.5, 0.6) is 0 Å². The number of nitrogens with one attached hydrogen (secondary N) is 2. The summed E-state index contributed by atoms with van der Waals surface area (Å²) in [6, 6.07) is 53.3. The molecule has 4 unspecified atom stereocenters. The Hall–Kier alpha value is -4.80. The van der Waals surface area contributed by atoms with Crippen LogP contribution < -0.4 is 15.2 Å². The van der Waals surface area contributed by atoms with Crippen molar-refractivity contribution in [3.8, 4) is 0 Å². The minimum Gasteiger partial charge on any atom is -0.378 e. The summed E-state index contributed by atoms with van der Waals surface area (Å²) in [5.74, 6) is 0.741. The fourth-order valence-corrected chi connectivity index (χ4v) is 8.88. The summed E-state index contributed by atoms with van der Waals surface area (Å²) in [4.78, 5) is 0. The number of hydrogen-bond acceptors (Lipinski definition) is 3. The van der Waals surface area contributed by atoms with Crippen molar-refractivity contribution in [2.24, 2.45) is 5.92 Å². The zero-order valence-corrected chi connectivity index (χ0v) is 26.5.